The summed E-state index contributed by atoms with van der Waals surface area (Å²) >= 11 is 2.21. The molecule has 0 spiro atoms. The molecule has 82 valence electrons. The molecule has 0 radical (unpaired) electrons. The van der Waals surface area contributed by atoms with Gasteiger partial charge in [-0.05, 0) is 29.5 Å². The monoisotopic (exact) mass is 320 g/mol. The number of halogens is 1. The molecule has 2 amide bonds. The van der Waals surface area contributed by atoms with E-state index in [-0.39, 0.29) is 6.03 Å². The summed E-state index contributed by atoms with van der Waals surface area (Å²) in [6.45, 7) is 5.08. The second-order valence-corrected chi connectivity index (χ2v) is 4.61. The van der Waals surface area contributed by atoms with Gasteiger partial charge in [-0.1, -0.05) is 0 Å². The van der Waals surface area contributed by atoms with Crippen molar-refractivity contribution >= 4 is 28.6 Å². The maximum absolute atomic E-state index is 11.3. The molecule has 0 aliphatic carbocycles. The summed E-state index contributed by atoms with van der Waals surface area (Å²) in [5.41, 5.74) is 1.18. The number of amides is 2. The molecular weight excluding hydrogens is 307 g/mol. The van der Waals surface area contributed by atoms with Crippen LogP contribution in [0.15, 0.2) is 6.20 Å². The molecular formula is C9H13IN4O. The molecule has 1 N–H and O–H groups in total. The Balaban J connectivity index is 1.90. The van der Waals surface area contributed by atoms with Gasteiger partial charge in [-0.2, -0.15) is 5.10 Å². The lowest BCUT2D eigenvalue weighted by Gasteiger charge is -2.13. The number of aromatic nitrogens is 2. The van der Waals surface area contributed by atoms with Gasteiger partial charge < -0.3 is 10.2 Å². The van der Waals surface area contributed by atoms with Crippen LogP contribution in [0.1, 0.15) is 5.56 Å². The zero-order valence-electron chi connectivity index (χ0n) is 8.53. The number of rotatable bonds is 3. The predicted octanol–water partition coefficient (Wildman–Crippen LogP) is 0.821. The van der Waals surface area contributed by atoms with E-state index in [0.29, 0.717) is 0 Å². The predicted molar refractivity (Wildman–Crippen MR) is 64.7 cm³/mol. The summed E-state index contributed by atoms with van der Waals surface area (Å²) in [6, 6.07) is 0.0357. The van der Waals surface area contributed by atoms with E-state index < -0.39 is 0 Å². The highest BCUT2D eigenvalue weighted by molar-refractivity contribution is 14.1. The Labute approximate surface area is 102 Å². The SMILES string of the molecule is Cc1cn(CCN2CCNC2=O)nc1I. The molecule has 0 saturated carbocycles. The van der Waals surface area contributed by atoms with Gasteiger partial charge in [0.25, 0.3) is 0 Å². The van der Waals surface area contributed by atoms with Crippen molar-refractivity contribution < 1.29 is 4.79 Å². The van der Waals surface area contributed by atoms with Gasteiger partial charge in [0.05, 0.1) is 6.54 Å². The van der Waals surface area contributed by atoms with E-state index in [2.05, 4.69) is 33.0 Å². The van der Waals surface area contributed by atoms with Crippen molar-refractivity contribution in [3.8, 4) is 0 Å². The number of nitrogens with zero attached hydrogens (tertiary/aromatic N) is 3. The number of carbonyl (C=O) groups excluding carboxylic acids is 1. The first-order valence-electron chi connectivity index (χ1n) is 4.89. The number of hydrogen-bond donors (Lipinski definition) is 1. The smallest absolute Gasteiger partial charge is 0.317 e. The number of carbonyl (C=O) groups is 1. The van der Waals surface area contributed by atoms with Crippen molar-refractivity contribution in [1.29, 1.82) is 0 Å². The van der Waals surface area contributed by atoms with Crippen molar-refractivity contribution in [2.75, 3.05) is 19.6 Å². The average molecular weight is 320 g/mol. The summed E-state index contributed by atoms with van der Waals surface area (Å²) in [5, 5.41) is 7.12. The fraction of sp³-hybridized carbons (Fsp3) is 0.556. The Kier molecular flexibility index (Phi) is 3.13. The van der Waals surface area contributed by atoms with Crippen LogP contribution in [0.5, 0.6) is 0 Å². The molecule has 1 saturated heterocycles. The number of urea groups is 1. The molecule has 1 aliphatic rings. The maximum atomic E-state index is 11.3. The molecule has 2 rings (SSSR count). The van der Waals surface area contributed by atoms with Crippen LogP contribution in [0.4, 0.5) is 4.79 Å². The third-order valence-corrected chi connectivity index (χ3v) is 3.50. The molecule has 0 atom stereocenters. The van der Waals surface area contributed by atoms with Crippen molar-refractivity contribution in [1.82, 2.24) is 20.0 Å². The minimum Gasteiger partial charge on any atom is -0.336 e. The van der Waals surface area contributed by atoms with Gasteiger partial charge in [0.2, 0.25) is 0 Å². The minimum absolute atomic E-state index is 0.0357. The summed E-state index contributed by atoms with van der Waals surface area (Å²) in [5.74, 6) is 0. The first kappa shape index (κ1) is 10.7. The number of aryl methyl sites for hydroxylation is 1. The fourth-order valence-electron chi connectivity index (χ4n) is 1.56. The number of hydrogen-bond acceptors (Lipinski definition) is 2. The average Bonchev–Trinajstić information content (AvgIpc) is 2.72. The Morgan fingerprint density at radius 3 is 2.93 bits per heavy atom. The van der Waals surface area contributed by atoms with Gasteiger partial charge >= 0.3 is 6.03 Å². The van der Waals surface area contributed by atoms with E-state index in [1.807, 2.05) is 22.7 Å². The van der Waals surface area contributed by atoms with Gasteiger partial charge in [0, 0.05) is 31.4 Å². The third kappa shape index (κ3) is 2.42. The summed E-state index contributed by atoms with van der Waals surface area (Å²) in [6.07, 6.45) is 2.01. The largest absolute Gasteiger partial charge is 0.336 e. The molecule has 0 unspecified atom stereocenters. The Morgan fingerprint density at radius 1 is 1.60 bits per heavy atom. The van der Waals surface area contributed by atoms with Crippen LogP contribution >= 0.6 is 22.6 Å². The van der Waals surface area contributed by atoms with E-state index in [1.165, 1.54) is 5.56 Å². The Morgan fingerprint density at radius 2 is 2.40 bits per heavy atom. The molecule has 5 nitrogen and oxygen atoms in total. The lowest BCUT2D eigenvalue weighted by Crippen LogP contribution is -2.31. The van der Waals surface area contributed by atoms with Gasteiger partial charge in [-0.25, -0.2) is 4.79 Å². The van der Waals surface area contributed by atoms with Crippen molar-refractivity contribution in [2.24, 2.45) is 0 Å². The van der Waals surface area contributed by atoms with Gasteiger partial charge in [0.15, 0.2) is 0 Å². The second kappa shape index (κ2) is 4.38. The first-order valence-corrected chi connectivity index (χ1v) is 5.97. The van der Waals surface area contributed by atoms with Gasteiger partial charge in [0.1, 0.15) is 3.70 Å². The van der Waals surface area contributed by atoms with E-state index in [1.54, 1.807) is 0 Å². The van der Waals surface area contributed by atoms with E-state index in [9.17, 15) is 4.79 Å². The quantitative estimate of drug-likeness (QED) is 0.839. The molecule has 1 aliphatic heterocycles. The van der Waals surface area contributed by atoms with E-state index in [4.69, 9.17) is 0 Å². The zero-order valence-corrected chi connectivity index (χ0v) is 10.7. The highest BCUT2D eigenvalue weighted by Crippen LogP contribution is 2.08. The van der Waals surface area contributed by atoms with Crippen molar-refractivity contribution in [3.63, 3.8) is 0 Å². The maximum Gasteiger partial charge on any atom is 0.317 e. The van der Waals surface area contributed by atoms with E-state index in [0.717, 1.165) is 29.9 Å². The van der Waals surface area contributed by atoms with Crippen molar-refractivity contribution in [2.45, 2.75) is 13.5 Å². The van der Waals surface area contributed by atoms with Gasteiger partial charge in [-0.15, -0.1) is 0 Å². The second-order valence-electron chi connectivity index (χ2n) is 3.58. The molecule has 6 heteroatoms. The summed E-state index contributed by atoms with van der Waals surface area (Å²) in [7, 11) is 0. The first-order chi connectivity index (χ1) is 7.16. The summed E-state index contributed by atoms with van der Waals surface area (Å²) in [4.78, 5) is 13.1. The lowest BCUT2D eigenvalue weighted by molar-refractivity contribution is 0.215. The molecule has 2 heterocycles. The van der Waals surface area contributed by atoms with Crippen LogP contribution in [0.2, 0.25) is 0 Å². The van der Waals surface area contributed by atoms with Crippen LogP contribution in [0, 0.1) is 10.6 Å². The standard InChI is InChI=1S/C9H13IN4O/c1-7-6-14(12-8(7)10)5-4-13-3-2-11-9(13)15/h6H,2-5H2,1H3,(H,11,15). The lowest BCUT2D eigenvalue weighted by atomic mass is 10.4. The topological polar surface area (TPSA) is 50.2 Å². The van der Waals surface area contributed by atoms with Crippen LogP contribution in [-0.4, -0.2) is 40.3 Å². The van der Waals surface area contributed by atoms with Crippen molar-refractivity contribution in [3.05, 3.63) is 15.5 Å². The molecule has 1 fully saturated rings. The van der Waals surface area contributed by atoms with Gasteiger partial charge in [-0.3, -0.25) is 4.68 Å². The molecule has 0 bridgehead atoms. The zero-order chi connectivity index (χ0) is 10.8. The fourth-order valence-corrected chi connectivity index (χ4v) is 1.98. The Hall–Kier alpha value is -0.790. The number of nitrogens with one attached hydrogen (secondary N) is 1. The molecule has 15 heavy (non-hydrogen) atoms. The van der Waals surface area contributed by atoms with Crippen LogP contribution in [0.25, 0.3) is 0 Å². The normalized spacial score (nSPS) is 15.9. The highest BCUT2D eigenvalue weighted by atomic mass is 127. The summed E-state index contributed by atoms with van der Waals surface area (Å²) < 4.78 is 2.92. The third-order valence-electron chi connectivity index (χ3n) is 2.43. The Bertz CT molecular complexity index is 357. The van der Waals surface area contributed by atoms with E-state index >= 15 is 0 Å². The molecule has 0 aromatic carbocycles. The molecule has 1 aromatic heterocycles. The minimum atomic E-state index is 0.0357. The van der Waals surface area contributed by atoms with Crippen LogP contribution < -0.4 is 5.32 Å². The highest BCUT2D eigenvalue weighted by Gasteiger charge is 2.18. The molecule has 1 aromatic rings. The van der Waals surface area contributed by atoms with Crippen LogP contribution in [0.3, 0.4) is 0 Å². The van der Waals surface area contributed by atoms with Crippen LogP contribution in [-0.2, 0) is 6.54 Å².